The molecule has 0 saturated heterocycles. The molecule has 0 fully saturated rings. The van der Waals surface area contributed by atoms with Crippen molar-refractivity contribution in [3.05, 3.63) is 11.6 Å². The van der Waals surface area contributed by atoms with Gasteiger partial charge in [-0.2, -0.15) is 11.8 Å². The molecule has 1 unspecified atom stereocenters. The summed E-state index contributed by atoms with van der Waals surface area (Å²) in [7, 11) is 0. The van der Waals surface area contributed by atoms with Crippen molar-refractivity contribution in [2.75, 3.05) is 12.0 Å². The van der Waals surface area contributed by atoms with Gasteiger partial charge in [0.1, 0.15) is 0 Å². The predicted octanol–water partition coefficient (Wildman–Crippen LogP) is 2.18. The van der Waals surface area contributed by atoms with Crippen molar-refractivity contribution in [3.63, 3.8) is 0 Å². The van der Waals surface area contributed by atoms with Gasteiger partial charge in [0.25, 0.3) is 0 Å². The molecule has 1 nitrogen and oxygen atoms in total. The van der Waals surface area contributed by atoms with Crippen LogP contribution in [-0.2, 0) is 0 Å². The SMILES string of the molecule is CSCCC1=CC(N)CCC1. The summed E-state index contributed by atoms with van der Waals surface area (Å²) in [6.45, 7) is 0. The fourth-order valence-corrected chi connectivity index (χ4v) is 1.94. The Balaban J connectivity index is 2.31. The van der Waals surface area contributed by atoms with E-state index in [1.807, 2.05) is 11.8 Å². The molecule has 1 atom stereocenters. The Bertz CT molecular complexity index is 142. The zero-order chi connectivity index (χ0) is 8.10. The van der Waals surface area contributed by atoms with Gasteiger partial charge in [0, 0.05) is 6.04 Å². The quantitative estimate of drug-likeness (QED) is 0.659. The van der Waals surface area contributed by atoms with Gasteiger partial charge in [0.05, 0.1) is 0 Å². The average molecular weight is 171 g/mol. The number of allylic oxidation sites excluding steroid dienone is 1. The summed E-state index contributed by atoms with van der Waals surface area (Å²) >= 11 is 1.91. The van der Waals surface area contributed by atoms with E-state index in [-0.39, 0.29) is 0 Å². The minimum Gasteiger partial charge on any atom is -0.324 e. The lowest BCUT2D eigenvalue weighted by Crippen LogP contribution is -2.20. The highest BCUT2D eigenvalue weighted by atomic mass is 32.2. The predicted molar refractivity (Wildman–Crippen MR) is 52.9 cm³/mol. The maximum absolute atomic E-state index is 5.81. The first-order valence-corrected chi connectivity index (χ1v) is 5.66. The minimum absolute atomic E-state index is 0.348. The number of hydrogen-bond donors (Lipinski definition) is 1. The van der Waals surface area contributed by atoms with Crippen LogP contribution in [-0.4, -0.2) is 18.1 Å². The summed E-state index contributed by atoms with van der Waals surface area (Å²) in [5, 5.41) is 0. The first-order chi connectivity index (χ1) is 5.33. The van der Waals surface area contributed by atoms with Crippen molar-refractivity contribution >= 4 is 11.8 Å². The van der Waals surface area contributed by atoms with E-state index in [9.17, 15) is 0 Å². The van der Waals surface area contributed by atoms with Gasteiger partial charge in [-0.15, -0.1) is 0 Å². The Kier molecular flexibility index (Phi) is 4.02. The molecule has 2 N–H and O–H groups in total. The van der Waals surface area contributed by atoms with E-state index < -0.39 is 0 Å². The molecule has 0 spiro atoms. The molecule has 2 heteroatoms. The third kappa shape index (κ3) is 3.30. The number of nitrogens with two attached hydrogens (primary N) is 1. The Labute approximate surface area is 73.4 Å². The molecular weight excluding hydrogens is 154 g/mol. The van der Waals surface area contributed by atoms with Crippen LogP contribution in [0.4, 0.5) is 0 Å². The monoisotopic (exact) mass is 171 g/mol. The largest absolute Gasteiger partial charge is 0.324 e. The molecule has 0 aromatic rings. The highest BCUT2D eigenvalue weighted by Crippen LogP contribution is 2.20. The highest BCUT2D eigenvalue weighted by Gasteiger charge is 2.08. The van der Waals surface area contributed by atoms with E-state index in [0.717, 1.165) is 0 Å². The fourth-order valence-electron chi connectivity index (χ4n) is 1.48. The molecule has 0 saturated carbocycles. The molecule has 1 aliphatic rings. The molecule has 11 heavy (non-hydrogen) atoms. The second kappa shape index (κ2) is 4.83. The Morgan fingerprint density at radius 1 is 1.73 bits per heavy atom. The fraction of sp³-hybridized carbons (Fsp3) is 0.778. The first-order valence-electron chi connectivity index (χ1n) is 4.27. The van der Waals surface area contributed by atoms with Gasteiger partial charge in [0.2, 0.25) is 0 Å². The first kappa shape index (κ1) is 9.14. The Morgan fingerprint density at radius 2 is 2.55 bits per heavy atom. The Hall–Kier alpha value is 0.0500. The van der Waals surface area contributed by atoms with Gasteiger partial charge < -0.3 is 5.73 Å². The average Bonchev–Trinajstić information content (AvgIpc) is 2.01. The van der Waals surface area contributed by atoms with E-state index >= 15 is 0 Å². The summed E-state index contributed by atoms with van der Waals surface area (Å²) in [6, 6.07) is 0.348. The van der Waals surface area contributed by atoms with Crippen LogP contribution in [0.15, 0.2) is 11.6 Å². The lowest BCUT2D eigenvalue weighted by atomic mass is 9.95. The molecule has 1 rings (SSSR count). The second-order valence-electron chi connectivity index (χ2n) is 3.12. The summed E-state index contributed by atoms with van der Waals surface area (Å²) in [4.78, 5) is 0. The van der Waals surface area contributed by atoms with Crippen molar-refractivity contribution in [1.29, 1.82) is 0 Å². The molecule has 0 amide bonds. The lowest BCUT2D eigenvalue weighted by Gasteiger charge is -2.17. The number of rotatable bonds is 3. The van der Waals surface area contributed by atoms with E-state index in [2.05, 4.69) is 12.3 Å². The van der Waals surface area contributed by atoms with Crippen LogP contribution in [0.3, 0.4) is 0 Å². The maximum Gasteiger partial charge on any atom is 0.0226 e. The van der Waals surface area contributed by atoms with Crippen LogP contribution >= 0.6 is 11.8 Å². The molecule has 0 aliphatic heterocycles. The minimum atomic E-state index is 0.348. The smallest absolute Gasteiger partial charge is 0.0226 e. The molecule has 1 aliphatic carbocycles. The molecule has 0 bridgehead atoms. The maximum atomic E-state index is 5.81. The van der Waals surface area contributed by atoms with E-state index in [0.29, 0.717) is 6.04 Å². The normalized spacial score (nSPS) is 24.9. The third-order valence-corrected chi connectivity index (χ3v) is 2.72. The standard InChI is InChI=1S/C9H17NS/c1-11-6-5-8-3-2-4-9(10)7-8/h7,9H,2-6,10H2,1H3. The van der Waals surface area contributed by atoms with Gasteiger partial charge in [-0.3, -0.25) is 0 Å². The van der Waals surface area contributed by atoms with Gasteiger partial charge in [0.15, 0.2) is 0 Å². The number of hydrogen-bond acceptors (Lipinski definition) is 2. The van der Waals surface area contributed by atoms with Crippen LogP contribution in [0.25, 0.3) is 0 Å². The zero-order valence-electron chi connectivity index (χ0n) is 7.18. The highest BCUT2D eigenvalue weighted by molar-refractivity contribution is 7.98. The van der Waals surface area contributed by atoms with Gasteiger partial charge in [-0.1, -0.05) is 11.6 Å². The van der Waals surface area contributed by atoms with Crippen molar-refractivity contribution in [1.82, 2.24) is 0 Å². The van der Waals surface area contributed by atoms with Crippen LogP contribution in [0.5, 0.6) is 0 Å². The van der Waals surface area contributed by atoms with Gasteiger partial charge in [-0.25, -0.2) is 0 Å². The van der Waals surface area contributed by atoms with E-state index in [1.165, 1.54) is 31.4 Å². The van der Waals surface area contributed by atoms with Gasteiger partial charge in [-0.05, 0) is 37.7 Å². The van der Waals surface area contributed by atoms with E-state index in [4.69, 9.17) is 5.73 Å². The van der Waals surface area contributed by atoms with Crippen LogP contribution < -0.4 is 5.73 Å². The van der Waals surface area contributed by atoms with Crippen LogP contribution in [0.2, 0.25) is 0 Å². The molecule has 0 radical (unpaired) electrons. The van der Waals surface area contributed by atoms with Crippen LogP contribution in [0.1, 0.15) is 25.7 Å². The topological polar surface area (TPSA) is 26.0 Å². The van der Waals surface area contributed by atoms with Crippen molar-refractivity contribution in [2.45, 2.75) is 31.7 Å². The molecular formula is C9H17NS. The Morgan fingerprint density at radius 3 is 3.18 bits per heavy atom. The van der Waals surface area contributed by atoms with Crippen molar-refractivity contribution < 1.29 is 0 Å². The van der Waals surface area contributed by atoms with E-state index in [1.54, 1.807) is 5.57 Å². The van der Waals surface area contributed by atoms with Crippen molar-refractivity contribution in [2.24, 2.45) is 5.73 Å². The van der Waals surface area contributed by atoms with Crippen LogP contribution in [0, 0.1) is 0 Å². The lowest BCUT2D eigenvalue weighted by molar-refractivity contribution is 0.615. The molecule has 0 heterocycles. The zero-order valence-corrected chi connectivity index (χ0v) is 7.99. The number of thioether (sulfide) groups is 1. The molecule has 0 aromatic heterocycles. The molecule has 0 aromatic carbocycles. The summed E-state index contributed by atoms with van der Waals surface area (Å²) in [6.07, 6.45) is 9.43. The summed E-state index contributed by atoms with van der Waals surface area (Å²) in [5.41, 5.74) is 7.40. The van der Waals surface area contributed by atoms with Gasteiger partial charge >= 0.3 is 0 Å². The molecule has 64 valence electrons. The second-order valence-corrected chi connectivity index (χ2v) is 4.11. The summed E-state index contributed by atoms with van der Waals surface area (Å²) in [5.74, 6) is 1.25. The van der Waals surface area contributed by atoms with Crippen molar-refractivity contribution in [3.8, 4) is 0 Å². The summed E-state index contributed by atoms with van der Waals surface area (Å²) < 4.78 is 0. The third-order valence-electron chi connectivity index (χ3n) is 2.11.